The van der Waals surface area contributed by atoms with E-state index in [1.165, 1.54) is 39.2 Å². The van der Waals surface area contributed by atoms with E-state index in [0.717, 1.165) is 28.0 Å². The normalized spacial score (nSPS) is 11.2. The SMILES string of the molecule is CC.Cc1ccc2c(-c3cccc(C)c3-n3c4ccccc4n4c(C)ccc34)cc(C)nc2n1. The molecular formula is C30H30N4. The van der Waals surface area contributed by atoms with E-state index < -0.39 is 0 Å². The molecule has 0 saturated heterocycles. The van der Waals surface area contributed by atoms with Gasteiger partial charge in [-0.1, -0.05) is 44.2 Å². The van der Waals surface area contributed by atoms with Crippen LogP contribution in [0.3, 0.4) is 0 Å². The number of para-hydroxylation sites is 3. The number of imidazole rings is 1. The predicted octanol–water partition coefficient (Wildman–Crippen LogP) is 7.75. The van der Waals surface area contributed by atoms with Crippen molar-refractivity contribution in [2.75, 3.05) is 0 Å². The number of fused-ring (bicyclic) bond motifs is 4. The first-order valence-corrected chi connectivity index (χ1v) is 12.0. The Balaban J connectivity index is 0.00000117. The monoisotopic (exact) mass is 446 g/mol. The maximum absolute atomic E-state index is 4.72. The van der Waals surface area contributed by atoms with Gasteiger partial charge in [-0.2, -0.15) is 0 Å². The van der Waals surface area contributed by atoms with Crippen LogP contribution in [-0.4, -0.2) is 18.9 Å². The molecule has 6 rings (SSSR count). The van der Waals surface area contributed by atoms with Crippen molar-refractivity contribution in [2.24, 2.45) is 0 Å². The van der Waals surface area contributed by atoms with Crippen molar-refractivity contribution in [3.8, 4) is 16.8 Å². The molecule has 0 aliphatic rings. The summed E-state index contributed by atoms with van der Waals surface area (Å²) >= 11 is 0. The van der Waals surface area contributed by atoms with Gasteiger partial charge in [0, 0.05) is 28.0 Å². The summed E-state index contributed by atoms with van der Waals surface area (Å²) < 4.78 is 4.74. The lowest BCUT2D eigenvalue weighted by molar-refractivity contribution is 1.10. The molecule has 0 amide bonds. The third-order valence-corrected chi connectivity index (χ3v) is 6.34. The Kier molecular flexibility index (Phi) is 5.45. The van der Waals surface area contributed by atoms with Gasteiger partial charge in [0.15, 0.2) is 5.65 Å². The first-order chi connectivity index (χ1) is 16.5. The molecule has 0 saturated carbocycles. The average molecular weight is 447 g/mol. The Bertz CT molecular complexity index is 1660. The highest BCUT2D eigenvalue weighted by molar-refractivity contribution is 5.97. The smallest absolute Gasteiger partial charge is 0.160 e. The van der Waals surface area contributed by atoms with Gasteiger partial charge in [-0.3, -0.25) is 8.97 Å². The molecule has 0 bridgehead atoms. The highest BCUT2D eigenvalue weighted by Gasteiger charge is 2.19. The first kappa shape index (κ1) is 21.9. The number of pyridine rings is 2. The van der Waals surface area contributed by atoms with E-state index in [2.05, 4.69) is 95.6 Å². The third kappa shape index (κ3) is 3.29. The Labute approximate surface area is 200 Å². The number of benzene rings is 2. The molecule has 4 heterocycles. The maximum Gasteiger partial charge on any atom is 0.160 e. The van der Waals surface area contributed by atoms with Gasteiger partial charge < -0.3 is 0 Å². The number of aryl methyl sites for hydroxylation is 4. The van der Waals surface area contributed by atoms with Gasteiger partial charge in [-0.15, -0.1) is 0 Å². The molecule has 0 aliphatic heterocycles. The average Bonchev–Trinajstić information content (AvgIpc) is 3.37. The molecule has 2 aromatic carbocycles. The Morgan fingerprint density at radius 2 is 1.38 bits per heavy atom. The van der Waals surface area contributed by atoms with Gasteiger partial charge >= 0.3 is 0 Å². The van der Waals surface area contributed by atoms with Crippen molar-refractivity contribution in [2.45, 2.75) is 41.5 Å². The molecule has 6 aromatic rings. The fourth-order valence-electron chi connectivity index (χ4n) is 4.93. The van der Waals surface area contributed by atoms with Crippen molar-refractivity contribution in [1.29, 1.82) is 0 Å². The number of nitrogens with zero attached hydrogens (tertiary/aromatic N) is 4. The van der Waals surface area contributed by atoms with E-state index in [1.807, 2.05) is 27.7 Å². The zero-order valence-electron chi connectivity index (χ0n) is 20.7. The van der Waals surface area contributed by atoms with Gasteiger partial charge in [0.25, 0.3) is 0 Å². The third-order valence-electron chi connectivity index (χ3n) is 6.34. The van der Waals surface area contributed by atoms with Crippen molar-refractivity contribution in [3.63, 3.8) is 0 Å². The molecule has 4 heteroatoms. The summed E-state index contributed by atoms with van der Waals surface area (Å²) in [5.41, 5.74) is 12.3. The van der Waals surface area contributed by atoms with Crippen molar-refractivity contribution in [3.05, 3.63) is 95.4 Å². The van der Waals surface area contributed by atoms with Crippen LogP contribution in [0.4, 0.5) is 0 Å². The highest BCUT2D eigenvalue weighted by atomic mass is 15.1. The van der Waals surface area contributed by atoms with Gasteiger partial charge in [0.05, 0.1) is 16.7 Å². The van der Waals surface area contributed by atoms with Gasteiger partial charge in [0.2, 0.25) is 0 Å². The largest absolute Gasteiger partial charge is 0.298 e. The second-order valence-electron chi connectivity index (χ2n) is 8.60. The predicted molar refractivity (Wildman–Crippen MR) is 143 cm³/mol. The molecule has 4 nitrogen and oxygen atoms in total. The van der Waals surface area contributed by atoms with Crippen molar-refractivity contribution < 1.29 is 0 Å². The lowest BCUT2D eigenvalue weighted by Crippen LogP contribution is -2.01. The van der Waals surface area contributed by atoms with Crippen LogP contribution in [0.2, 0.25) is 0 Å². The van der Waals surface area contributed by atoms with Crippen LogP contribution in [-0.2, 0) is 0 Å². The summed E-state index contributed by atoms with van der Waals surface area (Å²) in [5.74, 6) is 0. The molecule has 0 atom stereocenters. The van der Waals surface area contributed by atoms with Gasteiger partial charge in [-0.25, -0.2) is 9.97 Å². The first-order valence-electron chi connectivity index (χ1n) is 12.0. The topological polar surface area (TPSA) is 35.1 Å². The summed E-state index contributed by atoms with van der Waals surface area (Å²) in [6, 6.07) is 26.0. The fraction of sp³-hybridized carbons (Fsp3) is 0.200. The van der Waals surface area contributed by atoms with Crippen LogP contribution in [0.15, 0.2) is 72.8 Å². The summed E-state index contributed by atoms with van der Waals surface area (Å²) in [4.78, 5) is 9.44. The number of rotatable bonds is 2. The van der Waals surface area contributed by atoms with E-state index in [1.54, 1.807) is 0 Å². The Morgan fingerprint density at radius 3 is 2.18 bits per heavy atom. The second kappa shape index (κ2) is 8.45. The van der Waals surface area contributed by atoms with Crippen LogP contribution < -0.4 is 0 Å². The molecule has 0 N–H and O–H groups in total. The lowest BCUT2D eigenvalue weighted by atomic mass is 9.97. The van der Waals surface area contributed by atoms with Crippen LogP contribution in [0, 0.1) is 27.7 Å². The zero-order valence-corrected chi connectivity index (χ0v) is 20.7. The van der Waals surface area contributed by atoms with Crippen molar-refractivity contribution >= 4 is 27.7 Å². The van der Waals surface area contributed by atoms with Crippen LogP contribution in [0.1, 0.15) is 36.5 Å². The van der Waals surface area contributed by atoms with Crippen molar-refractivity contribution in [1.82, 2.24) is 18.9 Å². The molecule has 34 heavy (non-hydrogen) atoms. The molecule has 0 spiro atoms. The minimum absolute atomic E-state index is 0.800. The maximum atomic E-state index is 4.72. The standard InChI is InChI=1S/C28H24N4.C2H6/c1-17-8-7-9-21(23-16-19(3)30-28-22(23)14-12-18(2)29-28)27(17)32-25-11-6-5-10-24(25)31-20(4)13-15-26(31)32;1-2/h5-16H,1-4H3;1-2H3. The molecule has 0 aliphatic carbocycles. The summed E-state index contributed by atoms with van der Waals surface area (Å²) in [5, 5.41) is 1.08. The van der Waals surface area contributed by atoms with Crippen LogP contribution in [0.25, 0.3) is 44.5 Å². The molecule has 0 unspecified atom stereocenters. The van der Waals surface area contributed by atoms with E-state index in [4.69, 9.17) is 9.97 Å². The second-order valence-corrected chi connectivity index (χ2v) is 8.60. The zero-order chi connectivity index (χ0) is 24.0. The van der Waals surface area contributed by atoms with E-state index >= 15 is 0 Å². The van der Waals surface area contributed by atoms with Gasteiger partial charge in [-0.05, 0) is 81.3 Å². The Morgan fingerprint density at radius 1 is 0.647 bits per heavy atom. The highest BCUT2D eigenvalue weighted by Crippen LogP contribution is 2.38. The summed E-state index contributed by atoms with van der Waals surface area (Å²) in [7, 11) is 0. The molecule has 0 fully saturated rings. The molecule has 170 valence electrons. The molecule has 4 aromatic heterocycles. The quantitative estimate of drug-likeness (QED) is 0.272. The Hall–Kier alpha value is -3.92. The van der Waals surface area contributed by atoms with Gasteiger partial charge in [0.1, 0.15) is 5.65 Å². The minimum Gasteiger partial charge on any atom is -0.298 e. The lowest BCUT2D eigenvalue weighted by Gasteiger charge is -2.17. The van der Waals surface area contributed by atoms with Crippen LogP contribution >= 0.6 is 0 Å². The number of aromatic nitrogens is 4. The number of hydrogen-bond donors (Lipinski definition) is 0. The van der Waals surface area contributed by atoms with E-state index in [0.29, 0.717) is 0 Å². The number of hydrogen-bond acceptors (Lipinski definition) is 2. The summed E-state index contributed by atoms with van der Waals surface area (Å²) in [6.45, 7) is 12.4. The minimum atomic E-state index is 0.800. The molecular weight excluding hydrogens is 416 g/mol. The fourth-order valence-corrected chi connectivity index (χ4v) is 4.93. The van der Waals surface area contributed by atoms with Crippen LogP contribution in [0.5, 0.6) is 0 Å². The summed E-state index contributed by atoms with van der Waals surface area (Å²) in [6.07, 6.45) is 0. The van der Waals surface area contributed by atoms with E-state index in [-0.39, 0.29) is 0 Å². The molecule has 0 radical (unpaired) electrons. The van der Waals surface area contributed by atoms with E-state index in [9.17, 15) is 0 Å².